The van der Waals surface area contributed by atoms with Gasteiger partial charge in [-0.05, 0) is 69.3 Å². The van der Waals surface area contributed by atoms with Crippen LogP contribution in [0.4, 0.5) is 10.8 Å². The molecule has 0 aliphatic rings. The molecule has 3 N–H and O–H groups in total. The number of halogens is 1. The third kappa shape index (κ3) is 5.89. The molecular weight excluding hydrogens is 560 g/mol. The fourth-order valence-electron chi connectivity index (χ4n) is 2.96. The fourth-order valence-corrected chi connectivity index (χ4v) is 5.59. The number of benzene rings is 3. The zero-order valence-corrected chi connectivity index (χ0v) is 21.4. The van der Waals surface area contributed by atoms with Crippen molar-refractivity contribution in [1.29, 1.82) is 0 Å². The summed E-state index contributed by atoms with van der Waals surface area (Å²) in [5.74, 6) is 0.0975. The van der Waals surface area contributed by atoms with Crippen LogP contribution < -0.4 is 20.1 Å². The summed E-state index contributed by atoms with van der Waals surface area (Å²) in [4.78, 5) is 16.2. The van der Waals surface area contributed by atoms with Crippen LogP contribution in [0.25, 0.3) is 10.8 Å². The van der Waals surface area contributed by atoms with Gasteiger partial charge in [0.2, 0.25) is 0 Å². The molecule has 8 nitrogen and oxygen atoms in total. The summed E-state index contributed by atoms with van der Waals surface area (Å²) in [5.41, 5.74) is 0.511. The van der Waals surface area contributed by atoms with Crippen LogP contribution in [0.15, 0.2) is 81.6 Å². The molecule has 0 bridgehead atoms. The number of thiocarbonyl (C=S) groups is 1. The Hall–Kier alpha value is -3.06. The molecule has 0 fully saturated rings. The monoisotopic (exact) mass is 576 g/mol. The molecule has 4 aromatic rings. The number of ether oxygens (including phenoxy) is 1. The Morgan fingerprint density at radius 2 is 1.85 bits per heavy atom. The maximum Gasteiger partial charge on any atom is 0.264 e. The first kappa shape index (κ1) is 24.1. The SMILES string of the molecule is O=C(COc1ccc2ccccc2c1Br)NC(=S)Nc1ccc(S(=O)(=O)Nc2nccs2)cc1. The summed E-state index contributed by atoms with van der Waals surface area (Å²) in [7, 11) is -3.75. The van der Waals surface area contributed by atoms with Crippen molar-refractivity contribution in [3.63, 3.8) is 0 Å². The predicted octanol–water partition coefficient (Wildman–Crippen LogP) is 4.75. The van der Waals surface area contributed by atoms with Crippen LogP contribution in [0, 0.1) is 0 Å². The lowest BCUT2D eigenvalue weighted by Crippen LogP contribution is -2.37. The summed E-state index contributed by atoms with van der Waals surface area (Å²) < 4.78 is 33.6. The molecule has 0 atom stereocenters. The van der Waals surface area contributed by atoms with Gasteiger partial charge >= 0.3 is 0 Å². The molecule has 0 saturated carbocycles. The van der Waals surface area contributed by atoms with Crippen LogP contribution in [0.3, 0.4) is 0 Å². The number of rotatable bonds is 7. The van der Waals surface area contributed by atoms with E-state index in [2.05, 4.69) is 36.3 Å². The van der Waals surface area contributed by atoms with E-state index in [1.807, 2.05) is 30.3 Å². The van der Waals surface area contributed by atoms with Crippen LogP contribution >= 0.6 is 39.5 Å². The summed E-state index contributed by atoms with van der Waals surface area (Å²) in [5, 5.41) is 9.41. The first-order chi connectivity index (χ1) is 16.3. The van der Waals surface area contributed by atoms with Crippen LogP contribution in [0.5, 0.6) is 5.75 Å². The summed E-state index contributed by atoms with van der Waals surface area (Å²) >= 11 is 9.87. The van der Waals surface area contributed by atoms with Crippen LogP contribution in [-0.4, -0.2) is 31.0 Å². The van der Waals surface area contributed by atoms with Gasteiger partial charge in [-0.2, -0.15) is 0 Å². The highest BCUT2D eigenvalue weighted by Crippen LogP contribution is 2.33. The lowest BCUT2D eigenvalue weighted by molar-refractivity contribution is -0.121. The molecule has 34 heavy (non-hydrogen) atoms. The molecule has 0 radical (unpaired) electrons. The first-order valence-corrected chi connectivity index (χ1v) is 13.3. The van der Waals surface area contributed by atoms with E-state index in [1.165, 1.54) is 41.8 Å². The second-order valence-electron chi connectivity index (χ2n) is 6.86. The number of anilines is 2. The highest BCUT2D eigenvalue weighted by atomic mass is 79.9. The molecule has 0 aliphatic carbocycles. The van der Waals surface area contributed by atoms with Crippen molar-refractivity contribution in [1.82, 2.24) is 10.3 Å². The first-order valence-electron chi connectivity index (χ1n) is 9.75. The maximum absolute atomic E-state index is 12.4. The van der Waals surface area contributed by atoms with E-state index >= 15 is 0 Å². The van der Waals surface area contributed by atoms with Crippen molar-refractivity contribution >= 4 is 82.1 Å². The van der Waals surface area contributed by atoms with Crippen molar-refractivity contribution in [2.45, 2.75) is 4.90 Å². The van der Waals surface area contributed by atoms with Gasteiger partial charge in [0.15, 0.2) is 16.9 Å². The van der Waals surface area contributed by atoms with E-state index in [4.69, 9.17) is 17.0 Å². The molecule has 4 rings (SSSR count). The number of sulfonamides is 1. The third-order valence-electron chi connectivity index (χ3n) is 4.52. The summed E-state index contributed by atoms with van der Waals surface area (Å²) in [6.07, 6.45) is 1.51. The summed E-state index contributed by atoms with van der Waals surface area (Å²) in [6.45, 7) is -0.238. The molecule has 0 aliphatic heterocycles. The zero-order chi connectivity index (χ0) is 24.1. The second-order valence-corrected chi connectivity index (χ2v) is 10.6. The standard InChI is InChI=1S/C22H17BrN4O4S3/c23-20-17-4-2-1-3-14(17)5-10-18(20)31-13-19(28)26-21(32)25-15-6-8-16(9-7-15)34(29,30)27-22-24-11-12-33-22/h1-12H,13H2,(H,24,27)(H2,25,26,28,32). The highest BCUT2D eigenvalue weighted by Gasteiger charge is 2.15. The second kappa shape index (κ2) is 10.5. The van der Waals surface area contributed by atoms with Crippen molar-refractivity contribution in [2.24, 2.45) is 0 Å². The Morgan fingerprint density at radius 1 is 1.09 bits per heavy atom. The molecule has 1 amide bonds. The number of fused-ring (bicyclic) bond motifs is 1. The van der Waals surface area contributed by atoms with Crippen molar-refractivity contribution in [2.75, 3.05) is 16.6 Å². The van der Waals surface area contributed by atoms with Crippen molar-refractivity contribution in [3.8, 4) is 5.75 Å². The number of carbonyl (C=O) groups is 1. The number of amides is 1. The fraction of sp³-hybridized carbons (Fsp3) is 0.0455. The Bertz CT molecular complexity index is 1440. The Morgan fingerprint density at radius 3 is 2.59 bits per heavy atom. The molecule has 1 heterocycles. The van der Waals surface area contributed by atoms with Crippen LogP contribution in [0.2, 0.25) is 0 Å². The number of carbonyl (C=O) groups excluding carboxylic acids is 1. The predicted molar refractivity (Wildman–Crippen MR) is 141 cm³/mol. The topological polar surface area (TPSA) is 109 Å². The van der Waals surface area contributed by atoms with E-state index in [1.54, 1.807) is 11.4 Å². The van der Waals surface area contributed by atoms with Gasteiger partial charge < -0.3 is 10.1 Å². The number of hydrogen-bond acceptors (Lipinski definition) is 7. The lowest BCUT2D eigenvalue weighted by atomic mass is 10.1. The van der Waals surface area contributed by atoms with Crippen molar-refractivity contribution in [3.05, 3.63) is 76.7 Å². The quantitative estimate of drug-likeness (QED) is 0.272. The molecule has 0 spiro atoms. The Kier molecular flexibility index (Phi) is 7.41. The van der Waals surface area contributed by atoms with Gasteiger partial charge in [-0.1, -0.05) is 30.3 Å². The van der Waals surface area contributed by atoms with E-state index in [-0.39, 0.29) is 21.7 Å². The number of thiazole rings is 1. The van der Waals surface area contributed by atoms with Gasteiger partial charge in [0.1, 0.15) is 5.75 Å². The molecule has 3 aromatic carbocycles. The van der Waals surface area contributed by atoms with Gasteiger partial charge in [-0.3, -0.25) is 14.8 Å². The average Bonchev–Trinajstić information content (AvgIpc) is 3.31. The Labute approximate surface area is 213 Å². The smallest absolute Gasteiger partial charge is 0.264 e. The number of aromatic nitrogens is 1. The van der Waals surface area contributed by atoms with Crippen molar-refractivity contribution < 1.29 is 17.9 Å². The number of hydrogen-bond donors (Lipinski definition) is 3. The average molecular weight is 578 g/mol. The van der Waals surface area contributed by atoms with Crippen LogP contribution in [0.1, 0.15) is 0 Å². The normalized spacial score (nSPS) is 11.1. The van der Waals surface area contributed by atoms with E-state index in [0.717, 1.165) is 15.2 Å². The molecular formula is C22H17BrN4O4S3. The number of nitrogens with one attached hydrogen (secondary N) is 3. The molecule has 0 saturated heterocycles. The van der Waals surface area contributed by atoms with Gasteiger partial charge in [-0.15, -0.1) is 11.3 Å². The van der Waals surface area contributed by atoms with E-state index in [9.17, 15) is 13.2 Å². The molecule has 174 valence electrons. The van der Waals surface area contributed by atoms with E-state index < -0.39 is 15.9 Å². The van der Waals surface area contributed by atoms with Gasteiger partial charge in [0.25, 0.3) is 15.9 Å². The van der Waals surface area contributed by atoms with Gasteiger partial charge in [0, 0.05) is 17.3 Å². The van der Waals surface area contributed by atoms with Gasteiger partial charge in [-0.25, -0.2) is 13.4 Å². The minimum atomic E-state index is -3.75. The minimum absolute atomic E-state index is 0.0581. The molecule has 12 heteroatoms. The molecule has 1 aromatic heterocycles. The lowest BCUT2D eigenvalue weighted by Gasteiger charge is -2.12. The Balaban J connectivity index is 1.30. The van der Waals surface area contributed by atoms with Gasteiger partial charge in [0.05, 0.1) is 9.37 Å². The highest BCUT2D eigenvalue weighted by molar-refractivity contribution is 9.10. The third-order valence-corrected chi connectivity index (χ3v) is 7.71. The zero-order valence-electron chi connectivity index (χ0n) is 17.3. The number of nitrogens with zero attached hydrogens (tertiary/aromatic N) is 1. The molecule has 0 unspecified atom stereocenters. The summed E-state index contributed by atoms with van der Waals surface area (Å²) in [6, 6.07) is 17.4. The maximum atomic E-state index is 12.4. The minimum Gasteiger partial charge on any atom is -0.483 e. The largest absolute Gasteiger partial charge is 0.483 e. The van der Waals surface area contributed by atoms with E-state index in [0.29, 0.717) is 11.4 Å². The van der Waals surface area contributed by atoms with Crippen LogP contribution in [-0.2, 0) is 14.8 Å².